The minimum atomic E-state index is -1.16. The molecule has 1 aromatic carbocycles. The van der Waals surface area contributed by atoms with Gasteiger partial charge in [0, 0.05) is 17.8 Å². The summed E-state index contributed by atoms with van der Waals surface area (Å²) in [6.07, 6.45) is 2.78. The van der Waals surface area contributed by atoms with Gasteiger partial charge in [0.25, 0.3) is 5.91 Å². The molecule has 2 aromatic rings. The fourth-order valence-electron chi connectivity index (χ4n) is 3.05. The quantitative estimate of drug-likeness (QED) is 0.926. The highest BCUT2D eigenvalue weighted by Gasteiger charge is 2.46. The lowest BCUT2D eigenvalue weighted by Gasteiger charge is -2.31. The lowest BCUT2D eigenvalue weighted by Crippen LogP contribution is -2.50. The maximum atomic E-state index is 12.9. The number of amides is 1. The Labute approximate surface area is 144 Å². The van der Waals surface area contributed by atoms with Gasteiger partial charge in [0.2, 0.25) is 0 Å². The monoisotopic (exact) mass is 347 g/mol. The topological polar surface area (TPSA) is 75.4 Å². The van der Waals surface area contributed by atoms with Crippen LogP contribution in [-0.2, 0) is 4.79 Å². The summed E-state index contributed by atoms with van der Waals surface area (Å²) < 4.78 is 1.60. The number of benzene rings is 1. The molecule has 0 radical (unpaired) electrons. The molecule has 3 rings (SSSR count). The molecule has 0 saturated carbocycles. The van der Waals surface area contributed by atoms with Crippen molar-refractivity contribution >= 4 is 23.5 Å². The van der Waals surface area contributed by atoms with Crippen molar-refractivity contribution in [1.29, 1.82) is 0 Å². The molecule has 1 aromatic heterocycles. The number of aryl methyl sites for hydroxylation is 1. The van der Waals surface area contributed by atoms with Crippen LogP contribution in [0.4, 0.5) is 0 Å². The Morgan fingerprint density at radius 2 is 1.96 bits per heavy atom. The number of nitrogens with zero attached hydrogens (tertiary/aromatic N) is 3. The number of aromatic nitrogens is 2. The van der Waals surface area contributed by atoms with Gasteiger partial charge in [0.15, 0.2) is 0 Å². The second-order valence-electron chi connectivity index (χ2n) is 6.19. The largest absolute Gasteiger partial charge is 0.480 e. The molecule has 1 N–H and O–H groups in total. The van der Waals surface area contributed by atoms with E-state index in [1.54, 1.807) is 49.0 Å². The summed E-state index contributed by atoms with van der Waals surface area (Å²) in [7, 11) is 0. The lowest BCUT2D eigenvalue weighted by atomic mass is 9.98. The van der Waals surface area contributed by atoms with E-state index in [4.69, 9.17) is 11.6 Å². The van der Waals surface area contributed by atoms with Crippen LogP contribution >= 0.6 is 11.6 Å². The SMILES string of the molecule is Cc1nn(-c2ccc(Cl)cc2)cc1C(=O)N1CCCC1(C)C(=O)O. The number of hydrogen-bond donors (Lipinski definition) is 1. The molecule has 0 bridgehead atoms. The van der Waals surface area contributed by atoms with Gasteiger partial charge in [0.1, 0.15) is 5.54 Å². The molecule has 24 heavy (non-hydrogen) atoms. The van der Waals surface area contributed by atoms with Crippen molar-refractivity contribution in [3.8, 4) is 5.69 Å². The number of carboxylic acid groups (broad SMARTS) is 1. The fourth-order valence-corrected chi connectivity index (χ4v) is 3.18. The van der Waals surface area contributed by atoms with E-state index in [0.717, 1.165) is 5.69 Å². The molecule has 1 fully saturated rings. The fraction of sp³-hybridized carbons (Fsp3) is 0.353. The van der Waals surface area contributed by atoms with E-state index in [1.807, 2.05) is 0 Å². The standard InChI is InChI=1S/C17H18ClN3O3/c1-11-14(10-21(19-11)13-6-4-12(18)5-7-13)15(22)20-9-3-8-17(20,2)16(23)24/h4-7,10H,3,8-9H2,1-2H3,(H,23,24). The molecule has 1 unspecified atom stereocenters. The number of halogens is 1. The number of carbonyl (C=O) groups excluding carboxylic acids is 1. The van der Waals surface area contributed by atoms with Gasteiger partial charge in [-0.05, 0) is 51.0 Å². The van der Waals surface area contributed by atoms with Gasteiger partial charge in [-0.1, -0.05) is 11.6 Å². The molecule has 2 heterocycles. The first kappa shape index (κ1) is 16.5. The summed E-state index contributed by atoms with van der Waals surface area (Å²) in [4.78, 5) is 25.9. The van der Waals surface area contributed by atoms with Gasteiger partial charge in [-0.2, -0.15) is 5.10 Å². The molecule has 126 valence electrons. The van der Waals surface area contributed by atoms with Crippen LogP contribution in [0.2, 0.25) is 5.02 Å². The second-order valence-corrected chi connectivity index (χ2v) is 6.62. The molecule has 1 aliphatic rings. The minimum absolute atomic E-state index is 0.296. The Kier molecular flexibility index (Phi) is 4.09. The van der Waals surface area contributed by atoms with Crippen LogP contribution in [0.5, 0.6) is 0 Å². The average molecular weight is 348 g/mol. The summed E-state index contributed by atoms with van der Waals surface area (Å²) in [6.45, 7) is 3.78. The summed E-state index contributed by atoms with van der Waals surface area (Å²) in [5.74, 6) is -1.27. The van der Waals surface area contributed by atoms with E-state index < -0.39 is 11.5 Å². The molecule has 1 aliphatic heterocycles. The summed E-state index contributed by atoms with van der Waals surface area (Å²) in [5.41, 5.74) is 0.601. The number of carbonyl (C=O) groups is 2. The Bertz CT molecular complexity index is 800. The van der Waals surface area contributed by atoms with Gasteiger partial charge in [-0.3, -0.25) is 4.79 Å². The van der Waals surface area contributed by atoms with Crippen LogP contribution < -0.4 is 0 Å². The van der Waals surface area contributed by atoms with Crippen LogP contribution in [0.1, 0.15) is 35.8 Å². The van der Waals surface area contributed by atoms with Crippen molar-refractivity contribution in [2.75, 3.05) is 6.54 Å². The van der Waals surface area contributed by atoms with Crippen LogP contribution in [-0.4, -0.2) is 43.7 Å². The van der Waals surface area contributed by atoms with E-state index in [-0.39, 0.29) is 5.91 Å². The van der Waals surface area contributed by atoms with Gasteiger partial charge < -0.3 is 10.0 Å². The maximum Gasteiger partial charge on any atom is 0.329 e. The molecule has 1 atom stereocenters. The third-order valence-corrected chi connectivity index (χ3v) is 4.82. The second kappa shape index (κ2) is 5.94. The number of carboxylic acids is 1. The number of aliphatic carboxylic acids is 1. The van der Waals surface area contributed by atoms with Gasteiger partial charge >= 0.3 is 5.97 Å². The molecule has 7 heteroatoms. The van der Waals surface area contributed by atoms with E-state index in [0.29, 0.717) is 35.7 Å². The molecular formula is C17H18ClN3O3. The summed E-state index contributed by atoms with van der Waals surface area (Å²) >= 11 is 5.89. The normalized spacial score (nSPS) is 20.4. The minimum Gasteiger partial charge on any atom is -0.480 e. The Hall–Kier alpha value is -2.34. The first-order valence-electron chi connectivity index (χ1n) is 7.70. The summed E-state index contributed by atoms with van der Waals surface area (Å²) in [6, 6.07) is 7.11. The number of rotatable bonds is 3. The maximum absolute atomic E-state index is 12.9. The Morgan fingerprint density at radius 1 is 1.29 bits per heavy atom. The van der Waals surface area contributed by atoms with Crippen molar-refractivity contribution in [3.63, 3.8) is 0 Å². The number of likely N-dealkylation sites (tertiary alicyclic amines) is 1. The average Bonchev–Trinajstić information content (AvgIpc) is 3.12. The van der Waals surface area contributed by atoms with E-state index in [9.17, 15) is 14.7 Å². The van der Waals surface area contributed by atoms with Crippen molar-refractivity contribution in [3.05, 3.63) is 46.7 Å². The van der Waals surface area contributed by atoms with Crippen molar-refractivity contribution in [1.82, 2.24) is 14.7 Å². The van der Waals surface area contributed by atoms with Crippen LogP contribution in [0.3, 0.4) is 0 Å². The van der Waals surface area contributed by atoms with Crippen LogP contribution in [0.25, 0.3) is 5.69 Å². The lowest BCUT2D eigenvalue weighted by molar-refractivity contribution is -0.147. The number of hydrogen-bond acceptors (Lipinski definition) is 3. The Balaban J connectivity index is 1.94. The van der Waals surface area contributed by atoms with E-state index >= 15 is 0 Å². The third kappa shape index (κ3) is 2.67. The smallest absolute Gasteiger partial charge is 0.329 e. The predicted octanol–water partition coefficient (Wildman–Crippen LogP) is 2.91. The van der Waals surface area contributed by atoms with E-state index in [2.05, 4.69) is 5.10 Å². The zero-order chi connectivity index (χ0) is 17.5. The Morgan fingerprint density at radius 3 is 2.58 bits per heavy atom. The molecule has 0 aliphatic carbocycles. The third-order valence-electron chi connectivity index (χ3n) is 4.57. The van der Waals surface area contributed by atoms with Crippen LogP contribution in [0.15, 0.2) is 30.5 Å². The molecule has 1 amide bonds. The molecular weight excluding hydrogens is 330 g/mol. The molecule has 1 saturated heterocycles. The van der Waals surface area contributed by atoms with Gasteiger partial charge in [-0.15, -0.1) is 0 Å². The zero-order valence-corrected chi connectivity index (χ0v) is 14.2. The summed E-state index contributed by atoms with van der Waals surface area (Å²) in [5, 5.41) is 14.5. The molecule has 6 nitrogen and oxygen atoms in total. The zero-order valence-electron chi connectivity index (χ0n) is 13.5. The first-order chi connectivity index (χ1) is 11.3. The van der Waals surface area contributed by atoms with Crippen molar-refractivity contribution < 1.29 is 14.7 Å². The molecule has 0 spiro atoms. The predicted molar refractivity (Wildman–Crippen MR) is 89.6 cm³/mol. The highest BCUT2D eigenvalue weighted by molar-refractivity contribution is 6.30. The van der Waals surface area contributed by atoms with Crippen LogP contribution in [0, 0.1) is 6.92 Å². The van der Waals surface area contributed by atoms with Crippen molar-refractivity contribution in [2.24, 2.45) is 0 Å². The van der Waals surface area contributed by atoms with E-state index in [1.165, 1.54) is 4.90 Å². The van der Waals surface area contributed by atoms with Crippen molar-refractivity contribution in [2.45, 2.75) is 32.2 Å². The highest BCUT2D eigenvalue weighted by atomic mass is 35.5. The van der Waals surface area contributed by atoms with Gasteiger partial charge in [-0.25, -0.2) is 9.48 Å². The first-order valence-corrected chi connectivity index (χ1v) is 8.08. The van der Waals surface area contributed by atoms with Gasteiger partial charge in [0.05, 0.1) is 16.9 Å². The highest BCUT2D eigenvalue weighted by Crippen LogP contribution is 2.31.